The molecule has 1 unspecified atom stereocenters. The Bertz CT molecular complexity index is 293. The molecule has 1 rings (SSSR count). The monoisotopic (exact) mass is 229 g/mol. The number of nitrogens with zero attached hydrogens (tertiary/aromatic N) is 1. The Labute approximate surface area is 94.0 Å². The van der Waals surface area contributed by atoms with Crippen molar-refractivity contribution in [2.45, 2.75) is 13.3 Å². The number of thiocarbonyl (C=S) groups is 1. The number of rotatable bonds is 2. The minimum absolute atomic E-state index is 0.0727. The Hall–Kier alpha value is -1.17. The molecule has 0 aromatic rings. The van der Waals surface area contributed by atoms with Gasteiger partial charge >= 0.3 is 11.8 Å². The van der Waals surface area contributed by atoms with Crippen LogP contribution in [0.15, 0.2) is 0 Å². The third-order valence-corrected chi connectivity index (χ3v) is 2.47. The zero-order valence-electron chi connectivity index (χ0n) is 8.66. The third kappa shape index (κ3) is 3.47. The summed E-state index contributed by atoms with van der Waals surface area (Å²) in [4.78, 5) is 24.6. The molecule has 1 saturated heterocycles. The van der Waals surface area contributed by atoms with Crippen LogP contribution in [-0.4, -0.2) is 41.3 Å². The first-order valence-corrected chi connectivity index (χ1v) is 5.27. The number of carbonyl (C=O) groups is 2. The maximum Gasteiger partial charge on any atom is 0.311 e. The molecule has 1 aliphatic heterocycles. The molecule has 0 bridgehead atoms. The standard InChI is InChI=1S/C9H15N3O2S/c1-6-2-3-12(5-6)9(14)8(13)11-4-7(10)15/h6H,2-5H2,1H3,(H2,10,15)(H,11,13). The maximum absolute atomic E-state index is 11.5. The fourth-order valence-corrected chi connectivity index (χ4v) is 1.58. The molecule has 2 amide bonds. The second-order valence-corrected chi connectivity index (χ2v) is 4.32. The first-order chi connectivity index (χ1) is 7.00. The zero-order valence-corrected chi connectivity index (χ0v) is 9.47. The van der Waals surface area contributed by atoms with Gasteiger partial charge in [-0.3, -0.25) is 9.59 Å². The van der Waals surface area contributed by atoms with Gasteiger partial charge in [-0.1, -0.05) is 19.1 Å². The van der Waals surface area contributed by atoms with Gasteiger partial charge in [-0.25, -0.2) is 0 Å². The topological polar surface area (TPSA) is 75.4 Å². The molecule has 84 valence electrons. The van der Waals surface area contributed by atoms with Crippen LogP contribution >= 0.6 is 12.2 Å². The summed E-state index contributed by atoms with van der Waals surface area (Å²) in [5.74, 6) is -0.648. The lowest BCUT2D eigenvalue weighted by Gasteiger charge is -2.14. The SMILES string of the molecule is CC1CCN(C(=O)C(=O)NCC(N)=S)C1. The van der Waals surface area contributed by atoms with E-state index in [1.54, 1.807) is 4.90 Å². The van der Waals surface area contributed by atoms with Crippen molar-refractivity contribution < 1.29 is 9.59 Å². The molecule has 0 radical (unpaired) electrons. The van der Waals surface area contributed by atoms with Crippen molar-refractivity contribution in [2.75, 3.05) is 19.6 Å². The van der Waals surface area contributed by atoms with Crippen LogP contribution < -0.4 is 11.1 Å². The van der Waals surface area contributed by atoms with Gasteiger partial charge in [0.1, 0.15) is 0 Å². The van der Waals surface area contributed by atoms with Crippen molar-refractivity contribution in [3.8, 4) is 0 Å². The van der Waals surface area contributed by atoms with Crippen molar-refractivity contribution in [1.82, 2.24) is 10.2 Å². The Morgan fingerprint density at radius 2 is 2.27 bits per heavy atom. The fourth-order valence-electron chi connectivity index (χ4n) is 1.51. The quantitative estimate of drug-likeness (QED) is 0.483. The lowest BCUT2D eigenvalue weighted by Crippen LogP contribution is -2.44. The minimum atomic E-state index is -0.628. The predicted octanol–water partition coefficient (Wildman–Crippen LogP) is -0.743. The summed E-state index contributed by atoms with van der Waals surface area (Å²) in [6, 6.07) is 0. The molecule has 6 heteroatoms. The highest BCUT2D eigenvalue weighted by molar-refractivity contribution is 7.80. The van der Waals surface area contributed by atoms with E-state index in [2.05, 4.69) is 24.5 Å². The van der Waals surface area contributed by atoms with Gasteiger partial charge in [0.25, 0.3) is 0 Å². The van der Waals surface area contributed by atoms with Gasteiger partial charge < -0.3 is 16.0 Å². The normalized spacial score (nSPS) is 20.1. The lowest BCUT2D eigenvalue weighted by molar-refractivity contribution is -0.145. The Kier molecular flexibility index (Phi) is 4.02. The molecule has 0 spiro atoms. The summed E-state index contributed by atoms with van der Waals surface area (Å²) in [6.07, 6.45) is 0.953. The van der Waals surface area contributed by atoms with Crippen LogP contribution in [0.4, 0.5) is 0 Å². The molecular weight excluding hydrogens is 214 g/mol. The predicted molar refractivity (Wildman–Crippen MR) is 60.2 cm³/mol. The van der Waals surface area contributed by atoms with E-state index in [-0.39, 0.29) is 11.5 Å². The molecule has 5 nitrogen and oxygen atoms in total. The number of amides is 2. The Balaban J connectivity index is 2.39. The van der Waals surface area contributed by atoms with Crippen molar-refractivity contribution >= 4 is 29.0 Å². The highest BCUT2D eigenvalue weighted by Crippen LogP contribution is 2.14. The van der Waals surface area contributed by atoms with Gasteiger partial charge in [0.15, 0.2) is 0 Å². The van der Waals surface area contributed by atoms with Crippen LogP contribution in [0, 0.1) is 5.92 Å². The molecule has 1 aliphatic rings. The second-order valence-electron chi connectivity index (χ2n) is 3.79. The van der Waals surface area contributed by atoms with Gasteiger partial charge in [-0.15, -0.1) is 0 Å². The Morgan fingerprint density at radius 3 is 2.73 bits per heavy atom. The van der Waals surface area contributed by atoms with Gasteiger partial charge in [-0.2, -0.15) is 0 Å². The van der Waals surface area contributed by atoms with Crippen LogP contribution in [0.3, 0.4) is 0 Å². The third-order valence-electron chi connectivity index (χ3n) is 2.33. The summed E-state index contributed by atoms with van der Waals surface area (Å²) in [7, 11) is 0. The summed E-state index contributed by atoms with van der Waals surface area (Å²) in [5, 5.41) is 2.38. The average Bonchev–Trinajstić information content (AvgIpc) is 2.60. The van der Waals surface area contributed by atoms with Gasteiger partial charge in [0, 0.05) is 13.1 Å². The molecule has 15 heavy (non-hydrogen) atoms. The molecule has 0 aliphatic carbocycles. The first kappa shape index (κ1) is 11.9. The van der Waals surface area contributed by atoms with E-state index in [0.29, 0.717) is 19.0 Å². The van der Waals surface area contributed by atoms with E-state index in [0.717, 1.165) is 6.42 Å². The van der Waals surface area contributed by atoms with Crippen LogP contribution in [-0.2, 0) is 9.59 Å². The van der Waals surface area contributed by atoms with Gasteiger partial charge in [0.2, 0.25) is 0 Å². The zero-order chi connectivity index (χ0) is 11.4. The molecule has 0 aromatic carbocycles. The van der Waals surface area contributed by atoms with E-state index < -0.39 is 11.8 Å². The number of nitrogens with two attached hydrogens (primary N) is 1. The van der Waals surface area contributed by atoms with E-state index in [4.69, 9.17) is 5.73 Å². The highest BCUT2D eigenvalue weighted by atomic mass is 32.1. The number of nitrogens with one attached hydrogen (secondary N) is 1. The number of likely N-dealkylation sites (tertiary alicyclic amines) is 1. The molecule has 0 aromatic heterocycles. The number of carbonyl (C=O) groups excluding carboxylic acids is 2. The maximum atomic E-state index is 11.5. The second kappa shape index (κ2) is 5.06. The van der Waals surface area contributed by atoms with Crippen molar-refractivity contribution in [1.29, 1.82) is 0 Å². The summed E-state index contributed by atoms with van der Waals surface area (Å²) < 4.78 is 0. The van der Waals surface area contributed by atoms with E-state index in [1.165, 1.54) is 0 Å². The van der Waals surface area contributed by atoms with Crippen LogP contribution in [0.5, 0.6) is 0 Å². The fraction of sp³-hybridized carbons (Fsp3) is 0.667. The van der Waals surface area contributed by atoms with Crippen LogP contribution in [0.2, 0.25) is 0 Å². The average molecular weight is 229 g/mol. The van der Waals surface area contributed by atoms with Crippen LogP contribution in [0.25, 0.3) is 0 Å². The van der Waals surface area contributed by atoms with Gasteiger partial charge in [0.05, 0.1) is 11.5 Å². The molecule has 1 heterocycles. The van der Waals surface area contributed by atoms with Gasteiger partial charge in [-0.05, 0) is 12.3 Å². The minimum Gasteiger partial charge on any atom is -0.392 e. The van der Waals surface area contributed by atoms with Crippen LogP contribution in [0.1, 0.15) is 13.3 Å². The lowest BCUT2D eigenvalue weighted by atomic mass is 10.2. The molecule has 1 fully saturated rings. The summed E-state index contributed by atoms with van der Waals surface area (Å²) in [5.41, 5.74) is 5.21. The van der Waals surface area contributed by atoms with Crippen molar-refractivity contribution in [2.24, 2.45) is 11.7 Å². The van der Waals surface area contributed by atoms with E-state index in [9.17, 15) is 9.59 Å². The largest absolute Gasteiger partial charge is 0.392 e. The van der Waals surface area contributed by atoms with E-state index in [1.807, 2.05) is 0 Å². The molecule has 3 N–H and O–H groups in total. The number of hydrogen-bond donors (Lipinski definition) is 2. The van der Waals surface area contributed by atoms with Crippen molar-refractivity contribution in [3.05, 3.63) is 0 Å². The smallest absolute Gasteiger partial charge is 0.311 e. The molecular formula is C9H15N3O2S. The summed E-state index contributed by atoms with van der Waals surface area (Å²) >= 11 is 4.59. The first-order valence-electron chi connectivity index (χ1n) is 4.86. The molecule has 0 saturated carbocycles. The summed E-state index contributed by atoms with van der Waals surface area (Å²) in [6.45, 7) is 3.43. The number of hydrogen-bond acceptors (Lipinski definition) is 3. The Morgan fingerprint density at radius 1 is 1.60 bits per heavy atom. The molecule has 1 atom stereocenters. The van der Waals surface area contributed by atoms with Crippen molar-refractivity contribution in [3.63, 3.8) is 0 Å². The highest BCUT2D eigenvalue weighted by Gasteiger charge is 2.27. The van der Waals surface area contributed by atoms with E-state index >= 15 is 0 Å².